The van der Waals surface area contributed by atoms with Gasteiger partial charge in [0.2, 0.25) is 0 Å². The molecule has 5 N–H and O–H groups in total. The van der Waals surface area contributed by atoms with Crippen LogP contribution in [0.4, 0.5) is 11.5 Å². The summed E-state index contributed by atoms with van der Waals surface area (Å²) >= 11 is 0. The normalized spacial score (nSPS) is 12.5. The van der Waals surface area contributed by atoms with Crippen LogP contribution < -0.4 is 16.8 Å². The first-order chi connectivity index (χ1) is 6.13. The van der Waals surface area contributed by atoms with Crippen molar-refractivity contribution < 1.29 is 0 Å². The highest BCUT2D eigenvalue weighted by Gasteiger charge is 2.01. The van der Waals surface area contributed by atoms with E-state index in [2.05, 4.69) is 10.3 Å². The summed E-state index contributed by atoms with van der Waals surface area (Å²) in [6.07, 6.45) is 0. The van der Waals surface area contributed by atoms with E-state index in [9.17, 15) is 0 Å². The number of nitrogens with one attached hydrogen (secondary N) is 1. The predicted molar refractivity (Wildman–Crippen MR) is 55.5 cm³/mol. The van der Waals surface area contributed by atoms with Crippen LogP contribution in [0.25, 0.3) is 0 Å². The summed E-state index contributed by atoms with van der Waals surface area (Å²) in [5.41, 5.74) is 12.7. The number of aryl methyl sites for hydroxylation is 1. The van der Waals surface area contributed by atoms with Crippen molar-refractivity contribution in [3.63, 3.8) is 0 Å². The van der Waals surface area contributed by atoms with Gasteiger partial charge in [0.25, 0.3) is 0 Å². The maximum absolute atomic E-state index is 5.64. The molecule has 1 heterocycles. The molecule has 1 aromatic heterocycles. The van der Waals surface area contributed by atoms with Crippen molar-refractivity contribution in [1.82, 2.24) is 4.98 Å². The van der Waals surface area contributed by atoms with E-state index in [4.69, 9.17) is 11.5 Å². The highest BCUT2D eigenvalue weighted by atomic mass is 15.0. The molecular weight excluding hydrogens is 164 g/mol. The van der Waals surface area contributed by atoms with Crippen LogP contribution in [0, 0.1) is 6.92 Å². The molecule has 0 radical (unpaired) electrons. The van der Waals surface area contributed by atoms with Crippen molar-refractivity contribution in [1.29, 1.82) is 0 Å². The zero-order valence-electron chi connectivity index (χ0n) is 8.04. The Hall–Kier alpha value is -1.29. The summed E-state index contributed by atoms with van der Waals surface area (Å²) in [6.45, 7) is 4.48. The summed E-state index contributed by atoms with van der Waals surface area (Å²) in [4.78, 5) is 4.27. The standard InChI is InChI=1S/C9H16N4/c1-6(5-10)12-9-4-3-8(11)7(2)13-9/h3-4,6H,5,10-11H2,1-2H3,(H,12,13). The Bertz CT molecular complexity index is 285. The SMILES string of the molecule is Cc1nc(NC(C)CN)ccc1N. The lowest BCUT2D eigenvalue weighted by Gasteiger charge is -2.12. The second-order valence-corrected chi connectivity index (χ2v) is 3.15. The van der Waals surface area contributed by atoms with Gasteiger partial charge in [-0.3, -0.25) is 0 Å². The molecule has 0 aliphatic rings. The molecule has 0 aliphatic heterocycles. The number of rotatable bonds is 3. The van der Waals surface area contributed by atoms with Gasteiger partial charge >= 0.3 is 0 Å². The molecule has 0 saturated carbocycles. The van der Waals surface area contributed by atoms with Gasteiger partial charge < -0.3 is 16.8 Å². The summed E-state index contributed by atoms with van der Waals surface area (Å²) < 4.78 is 0. The minimum atomic E-state index is 0.232. The summed E-state index contributed by atoms with van der Waals surface area (Å²) in [7, 11) is 0. The van der Waals surface area contributed by atoms with Crippen LogP contribution >= 0.6 is 0 Å². The van der Waals surface area contributed by atoms with Gasteiger partial charge in [-0.15, -0.1) is 0 Å². The largest absolute Gasteiger partial charge is 0.397 e. The van der Waals surface area contributed by atoms with Crippen LogP contribution in [0.15, 0.2) is 12.1 Å². The monoisotopic (exact) mass is 180 g/mol. The zero-order valence-corrected chi connectivity index (χ0v) is 8.04. The molecule has 0 fully saturated rings. The van der Waals surface area contributed by atoms with Gasteiger partial charge in [-0.2, -0.15) is 0 Å². The molecule has 1 unspecified atom stereocenters. The number of pyridine rings is 1. The van der Waals surface area contributed by atoms with E-state index in [0.717, 1.165) is 11.5 Å². The Labute approximate surface area is 78.3 Å². The van der Waals surface area contributed by atoms with Crippen LogP contribution in [-0.2, 0) is 0 Å². The second kappa shape index (κ2) is 4.09. The Morgan fingerprint density at radius 1 is 1.54 bits per heavy atom. The number of aromatic nitrogens is 1. The van der Waals surface area contributed by atoms with Crippen LogP contribution in [0.5, 0.6) is 0 Å². The Morgan fingerprint density at radius 2 is 2.23 bits per heavy atom. The van der Waals surface area contributed by atoms with E-state index in [1.165, 1.54) is 0 Å². The minimum absolute atomic E-state index is 0.232. The number of nitrogens with zero attached hydrogens (tertiary/aromatic N) is 1. The molecule has 0 bridgehead atoms. The van der Waals surface area contributed by atoms with Crippen LogP contribution in [0.2, 0.25) is 0 Å². The molecule has 4 nitrogen and oxygen atoms in total. The number of nitrogens with two attached hydrogens (primary N) is 2. The second-order valence-electron chi connectivity index (χ2n) is 3.15. The molecule has 1 rings (SSSR count). The topological polar surface area (TPSA) is 77.0 Å². The van der Waals surface area contributed by atoms with Gasteiger partial charge in [0.1, 0.15) is 5.82 Å². The Kier molecular flexibility index (Phi) is 3.08. The quantitative estimate of drug-likeness (QED) is 0.641. The van der Waals surface area contributed by atoms with Gasteiger partial charge in [0.15, 0.2) is 0 Å². The van der Waals surface area contributed by atoms with Crippen molar-refractivity contribution in [2.24, 2.45) is 5.73 Å². The average Bonchev–Trinajstić information content (AvgIpc) is 2.11. The van der Waals surface area contributed by atoms with E-state index in [0.29, 0.717) is 12.2 Å². The molecule has 0 aromatic carbocycles. The molecule has 1 atom stereocenters. The van der Waals surface area contributed by atoms with Gasteiger partial charge in [0.05, 0.1) is 11.4 Å². The molecular formula is C9H16N4. The van der Waals surface area contributed by atoms with Crippen LogP contribution in [-0.4, -0.2) is 17.6 Å². The summed E-state index contributed by atoms with van der Waals surface area (Å²) in [6, 6.07) is 3.93. The lowest BCUT2D eigenvalue weighted by atomic mass is 10.3. The number of hydrogen-bond acceptors (Lipinski definition) is 4. The van der Waals surface area contributed by atoms with E-state index in [1.807, 2.05) is 26.0 Å². The number of hydrogen-bond donors (Lipinski definition) is 3. The first-order valence-electron chi connectivity index (χ1n) is 4.33. The third kappa shape index (κ3) is 2.59. The van der Waals surface area contributed by atoms with Gasteiger partial charge in [0, 0.05) is 12.6 Å². The molecule has 0 spiro atoms. The zero-order chi connectivity index (χ0) is 9.84. The summed E-state index contributed by atoms with van der Waals surface area (Å²) in [5.74, 6) is 0.824. The average molecular weight is 180 g/mol. The molecule has 0 aliphatic carbocycles. The molecule has 4 heteroatoms. The van der Waals surface area contributed by atoms with Gasteiger partial charge in [-0.1, -0.05) is 0 Å². The van der Waals surface area contributed by atoms with Crippen molar-refractivity contribution >= 4 is 11.5 Å². The van der Waals surface area contributed by atoms with Crippen LogP contribution in [0.1, 0.15) is 12.6 Å². The van der Waals surface area contributed by atoms with Crippen molar-refractivity contribution in [3.8, 4) is 0 Å². The summed E-state index contributed by atoms with van der Waals surface area (Å²) in [5, 5.41) is 3.17. The third-order valence-corrected chi connectivity index (χ3v) is 1.87. The van der Waals surface area contributed by atoms with E-state index < -0.39 is 0 Å². The Balaban J connectivity index is 2.73. The number of nitrogen functional groups attached to an aromatic ring is 1. The fourth-order valence-electron chi connectivity index (χ4n) is 0.964. The fraction of sp³-hybridized carbons (Fsp3) is 0.444. The Morgan fingerprint density at radius 3 is 2.77 bits per heavy atom. The molecule has 0 amide bonds. The third-order valence-electron chi connectivity index (χ3n) is 1.87. The highest BCUT2D eigenvalue weighted by molar-refractivity contribution is 5.49. The smallest absolute Gasteiger partial charge is 0.126 e. The van der Waals surface area contributed by atoms with Gasteiger partial charge in [-0.05, 0) is 26.0 Å². The maximum Gasteiger partial charge on any atom is 0.126 e. The molecule has 0 saturated heterocycles. The van der Waals surface area contributed by atoms with Crippen molar-refractivity contribution in [2.45, 2.75) is 19.9 Å². The number of anilines is 2. The lowest BCUT2D eigenvalue weighted by Crippen LogP contribution is -2.25. The van der Waals surface area contributed by atoms with Crippen LogP contribution in [0.3, 0.4) is 0 Å². The predicted octanol–water partition coefficient (Wildman–Crippen LogP) is 0.731. The highest BCUT2D eigenvalue weighted by Crippen LogP contribution is 2.12. The molecule has 72 valence electrons. The molecule has 13 heavy (non-hydrogen) atoms. The minimum Gasteiger partial charge on any atom is -0.397 e. The first-order valence-corrected chi connectivity index (χ1v) is 4.33. The van der Waals surface area contributed by atoms with E-state index >= 15 is 0 Å². The lowest BCUT2D eigenvalue weighted by molar-refractivity contribution is 0.797. The molecule has 1 aromatic rings. The van der Waals surface area contributed by atoms with Crippen molar-refractivity contribution in [3.05, 3.63) is 17.8 Å². The first kappa shape index (κ1) is 9.80. The fourth-order valence-corrected chi connectivity index (χ4v) is 0.964. The van der Waals surface area contributed by atoms with E-state index in [1.54, 1.807) is 0 Å². The van der Waals surface area contributed by atoms with Gasteiger partial charge in [-0.25, -0.2) is 4.98 Å². The maximum atomic E-state index is 5.64. The van der Waals surface area contributed by atoms with E-state index in [-0.39, 0.29) is 6.04 Å². The van der Waals surface area contributed by atoms with Crippen molar-refractivity contribution in [2.75, 3.05) is 17.6 Å².